The largest absolute Gasteiger partial charge is 0.266 e. The number of nitrogens with zero attached hydrogens (tertiary/aromatic N) is 2. The zero-order chi connectivity index (χ0) is 12.4. The molecular weight excluding hydrogens is 214 g/mol. The van der Waals surface area contributed by atoms with E-state index < -0.39 is 0 Å². The molecule has 0 radical (unpaired) electrons. The Balaban J connectivity index is 2.39. The lowest BCUT2D eigenvalue weighted by Gasteiger charge is -2.22. The Bertz CT molecular complexity index is 490. The maximum atomic E-state index is 12.9. The van der Waals surface area contributed by atoms with Crippen molar-refractivity contribution in [3.63, 3.8) is 0 Å². The third-order valence-electron chi connectivity index (χ3n) is 2.86. The summed E-state index contributed by atoms with van der Waals surface area (Å²) in [6.07, 6.45) is 3.87. The Morgan fingerprint density at radius 1 is 1.24 bits per heavy atom. The SMILES string of the molecule is Bc1cnn(C(c2ccc(F)cc2)C(C)C)c1. The third kappa shape index (κ3) is 2.57. The van der Waals surface area contributed by atoms with Crippen LogP contribution >= 0.6 is 0 Å². The summed E-state index contributed by atoms with van der Waals surface area (Å²) in [5.41, 5.74) is 2.22. The molecule has 88 valence electrons. The minimum absolute atomic E-state index is 0.157. The number of aromatic nitrogens is 2. The molecular formula is C13H16BFN2. The lowest BCUT2D eigenvalue weighted by molar-refractivity contribution is 0.402. The Kier molecular flexibility index (Phi) is 3.32. The van der Waals surface area contributed by atoms with Crippen molar-refractivity contribution in [2.45, 2.75) is 19.9 Å². The van der Waals surface area contributed by atoms with Crippen LogP contribution in [-0.4, -0.2) is 17.6 Å². The molecule has 1 aromatic carbocycles. The molecule has 1 heterocycles. The van der Waals surface area contributed by atoms with Gasteiger partial charge >= 0.3 is 0 Å². The molecule has 0 aliphatic rings. The monoisotopic (exact) mass is 230 g/mol. The highest BCUT2D eigenvalue weighted by Gasteiger charge is 2.18. The normalized spacial score (nSPS) is 12.9. The molecule has 0 spiro atoms. The summed E-state index contributed by atoms with van der Waals surface area (Å²) in [5.74, 6) is 0.202. The number of hydrogen-bond donors (Lipinski definition) is 0. The molecule has 4 heteroatoms. The van der Waals surface area contributed by atoms with Gasteiger partial charge in [-0.15, -0.1) is 0 Å². The average molecular weight is 230 g/mol. The molecule has 0 fully saturated rings. The van der Waals surface area contributed by atoms with Gasteiger partial charge < -0.3 is 0 Å². The van der Waals surface area contributed by atoms with E-state index in [0.29, 0.717) is 5.92 Å². The van der Waals surface area contributed by atoms with Crippen LogP contribution in [0.1, 0.15) is 25.5 Å². The first kappa shape index (κ1) is 11.9. The zero-order valence-corrected chi connectivity index (χ0v) is 10.4. The van der Waals surface area contributed by atoms with Gasteiger partial charge in [0.05, 0.1) is 6.04 Å². The standard InChI is InChI=1S/C13H16BFN2/c1-9(2)13(17-8-11(14)7-16-17)10-3-5-12(15)6-4-10/h3-9,13H,14H2,1-2H3. The van der Waals surface area contributed by atoms with Gasteiger partial charge in [-0.1, -0.05) is 31.4 Å². The van der Waals surface area contributed by atoms with Crippen molar-refractivity contribution in [2.24, 2.45) is 5.92 Å². The first-order chi connectivity index (χ1) is 8.08. The van der Waals surface area contributed by atoms with E-state index in [1.54, 1.807) is 0 Å². The summed E-state index contributed by atoms with van der Waals surface area (Å²) in [6, 6.07) is 6.82. The lowest BCUT2D eigenvalue weighted by Crippen LogP contribution is -2.17. The second-order valence-electron chi connectivity index (χ2n) is 4.74. The number of halogens is 1. The minimum atomic E-state index is -0.201. The van der Waals surface area contributed by atoms with E-state index in [1.807, 2.05) is 37.1 Å². The van der Waals surface area contributed by atoms with Gasteiger partial charge in [0.1, 0.15) is 13.7 Å². The van der Waals surface area contributed by atoms with Gasteiger partial charge in [-0.05, 0) is 23.6 Å². The van der Waals surface area contributed by atoms with E-state index in [-0.39, 0.29) is 11.9 Å². The van der Waals surface area contributed by atoms with Crippen LogP contribution in [0, 0.1) is 11.7 Å². The van der Waals surface area contributed by atoms with Crippen molar-refractivity contribution in [3.05, 3.63) is 48.0 Å². The Hall–Kier alpha value is -1.58. The maximum absolute atomic E-state index is 12.9. The summed E-state index contributed by atoms with van der Waals surface area (Å²) in [7, 11) is 2.02. The van der Waals surface area contributed by atoms with E-state index in [1.165, 1.54) is 12.1 Å². The van der Waals surface area contributed by atoms with Gasteiger partial charge in [-0.2, -0.15) is 5.10 Å². The van der Waals surface area contributed by atoms with Gasteiger partial charge in [-0.25, -0.2) is 4.39 Å². The molecule has 2 nitrogen and oxygen atoms in total. The fourth-order valence-corrected chi connectivity index (χ4v) is 2.09. The smallest absolute Gasteiger partial charge is 0.143 e. The van der Waals surface area contributed by atoms with Crippen LogP contribution in [-0.2, 0) is 0 Å². The summed E-state index contributed by atoms with van der Waals surface area (Å²) in [5, 5.41) is 4.36. The van der Waals surface area contributed by atoms with E-state index in [2.05, 4.69) is 18.9 Å². The summed E-state index contributed by atoms with van der Waals surface area (Å²) >= 11 is 0. The van der Waals surface area contributed by atoms with Crippen molar-refractivity contribution in [1.82, 2.24) is 9.78 Å². The molecule has 0 N–H and O–H groups in total. The number of benzene rings is 1. The molecule has 0 saturated carbocycles. The second kappa shape index (κ2) is 4.74. The second-order valence-corrected chi connectivity index (χ2v) is 4.74. The minimum Gasteiger partial charge on any atom is -0.266 e. The van der Waals surface area contributed by atoms with Gasteiger partial charge in [0, 0.05) is 12.4 Å². The molecule has 0 aliphatic carbocycles. The van der Waals surface area contributed by atoms with Gasteiger partial charge in [0.25, 0.3) is 0 Å². The van der Waals surface area contributed by atoms with Crippen LogP contribution in [0.4, 0.5) is 4.39 Å². The topological polar surface area (TPSA) is 17.8 Å². The third-order valence-corrected chi connectivity index (χ3v) is 2.86. The summed E-state index contributed by atoms with van der Waals surface area (Å²) in [6.45, 7) is 4.29. The molecule has 17 heavy (non-hydrogen) atoms. The van der Waals surface area contributed by atoms with E-state index in [9.17, 15) is 4.39 Å². The van der Waals surface area contributed by atoms with E-state index in [0.717, 1.165) is 11.0 Å². The molecule has 2 rings (SSSR count). The van der Waals surface area contributed by atoms with Crippen molar-refractivity contribution >= 4 is 13.3 Å². The van der Waals surface area contributed by atoms with Crippen LogP contribution in [0.5, 0.6) is 0 Å². The predicted molar refractivity (Wildman–Crippen MR) is 69.8 cm³/mol. The van der Waals surface area contributed by atoms with Crippen molar-refractivity contribution in [1.29, 1.82) is 0 Å². The van der Waals surface area contributed by atoms with E-state index >= 15 is 0 Å². The fourth-order valence-electron chi connectivity index (χ4n) is 2.09. The van der Waals surface area contributed by atoms with Crippen LogP contribution in [0.3, 0.4) is 0 Å². The van der Waals surface area contributed by atoms with Gasteiger partial charge in [0.2, 0.25) is 0 Å². The first-order valence-electron chi connectivity index (χ1n) is 5.84. The van der Waals surface area contributed by atoms with Crippen LogP contribution in [0.2, 0.25) is 0 Å². The molecule has 1 aromatic heterocycles. The average Bonchev–Trinajstić information content (AvgIpc) is 2.68. The van der Waals surface area contributed by atoms with Crippen LogP contribution in [0.15, 0.2) is 36.7 Å². The van der Waals surface area contributed by atoms with Crippen molar-refractivity contribution < 1.29 is 4.39 Å². The lowest BCUT2D eigenvalue weighted by atomic mass is 9.96. The van der Waals surface area contributed by atoms with Crippen LogP contribution in [0.25, 0.3) is 0 Å². The summed E-state index contributed by atoms with van der Waals surface area (Å²) < 4.78 is 14.9. The quantitative estimate of drug-likeness (QED) is 0.731. The van der Waals surface area contributed by atoms with Crippen LogP contribution < -0.4 is 5.46 Å². The van der Waals surface area contributed by atoms with Crippen molar-refractivity contribution in [2.75, 3.05) is 0 Å². The highest BCUT2D eigenvalue weighted by atomic mass is 19.1. The molecule has 0 aliphatic heterocycles. The first-order valence-corrected chi connectivity index (χ1v) is 5.84. The number of rotatable bonds is 3. The maximum Gasteiger partial charge on any atom is 0.143 e. The van der Waals surface area contributed by atoms with Gasteiger partial charge in [-0.3, -0.25) is 4.68 Å². The highest BCUT2D eigenvalue weighted by molar-refractivity contribution is 6.31. The highest BCUT2D eigenvalue weighted by Crippen LogP contribution is 2.25. The van der Waals surface area contributed by atoms with Gasteiger partial charge in [0.15, 0.2) is 0 Å². The molecule has 1 atom stereocenters. The molecule has 0 amide bonds. The molecule has 0 bridgehead atoms. The fraction of sp³-hybridized carbons (Fsp3) is 0.308. The Morgan fingerprint density at radius 2 is 1.88 bits per heavy atom. The molecule has 2 aromatic rings. The van der Waals surface area contributed by atoms with E-state index in [4.69, 9.17) is 0 Å². The molecule has 0 saturated heterocycles. The summed E-state index contributed by atoms with van der Waals surface area (Å²) in [4.78, 5) is 0. The Labute approximate surface area is 102 Å². The van der Waals surface area contributed by atoms with Crippen molar-refractivity contribution in [3.8, 4) is 0 Å². The number of hydrogen-bond acceptors (Lipinski definition) is 1. The molecule has 1 unspecified atom stereocenters. The zero-order valence-electron chi connectivity index (χ0n) is 10.4. The predicted octanol–water partition coefficient (Wildman–Crippen LogP) is 1.53. The Morgan fingerprint density at radius 3 is 2.35 bits per heavy atom.